The van der Waals surface area contributed by atoms with Crippen LogP contribution in [0.2, 0.25) is 5.02 Å². The molecule has 2 aromatic carbocycles. The highest BCUT2D eigenvalue weighted by Gasteiger charge is 2.20. The van der Waals surface area contributed by atoms with Crippen LogP contribution in [-0.4, -0.2) is 48.3 Å². The van der Waals surface area contributed by atoms with Crippen molar-refractivity contribution in [3.8, 4) is 0 Å². The predicted molar refractivity (Wildman–Crippen MR) is 139 cm³/mol. The summed E-state index contributed by atoms with van der Waals surface area (Å²) in [6.07, 6.45) is 8.68. The molecule has 3 N–H and O–H groups in total. The Morgan fingerprint density at radius 1 is 0.886 bits per heavy atom. The number of halogens is 1. The van der Waals surface area contributed by atoms with Crippen LogP contribution in [0.1, 0.15) is 72.1 Å². The highest BCUT2D eigenvalue weighted by atomic mass is 35.5. The van der Waals surface area contributed by atoms with E-state index < -0.39 is 0 Å². The summed E-state index contributed by atoms with van der Waals surface area (Å²) in [4.78, 5) is 39.9. The molecular formula is C27H33ClN4O3. The summed E-state index contributed by atoms with van der Waals surface area (Å²) >= 11 is 6.28. The molecule has 7 nitrogen and oxygen atoms in total. The summed E-state index contributed by atoms with van der Waals surface area (Å²) in [5.74, 6) is -0.444. The fourth-order valence-electron chi connectivity index (χ4n) is 4.72. The molecule has 0 spiro atoms. The first-order valence-corrected chi connectivity index (χ1v) is 12.9. The summed E-state index contributed by atoms with van der Waals surface area (Å²) < 4.78 is 0. The number of nitrogens with zero attached hydrogens (tertiary/aromatic N) is 1. The van der Waals surface area contributed by atoms with Crippen LogP contribution in [0.4, 0.5) is 11.4 Å². The molecule has 1 heterocycles. The quantitative estimate of drug-likeness (QED) is 0.498. The molecule has 2 aromatic rings. The van der Waals surface area contributed by atoms with Crippen LogP contribution < -0.4 is 16.0 Å². The number of amides is 3. The van der Waals surface area contributed by atoms with Gasteiger partial charge in [-0.2, -0.15) is 0 Å². The van der Waals surface area contributed by atoms with Crippen molar-refractivity contribution in [1.29, 1.82) is 0 Å². The Morgan fingerprint density at radius 3 is 2.40 bits per heavy atom. The van der Waals surface area contributed by atoms with Gasteiger partial charge in [-0.25, -0.2) is 0 Å². The minimum absolute atomic E-state index is 0.000814. The Labute approximate surface area is 211 Å². The second-order valence-electron chi connectivity index (χ2n) is 9.34. The molecule has 0 unspecified atom stereocenters. The molecule has 0 atom stereocenters. The smallest absolute Gasteiger partial charge is 0.253 e. The molecule has 1 saturated heterocycles. The fraction of sp³-hybridized carbons (Fsp3) is 0.444. The number of benzene rings is 2. The molecule has 186 valence electrons. The van der Waals surface area contributed by atoms with E-state index >= 15 is 0 Å². The molecule has 1 aliphatic heterocycles. The van der Waals surface area contributed by atoms with Crippen molar-refractivity contribution >= 4 is 40.7 Å². The average molecular weight is 497 g/mol. The van der Waals surface area contributed by atoms with E-state index in [0.717, 1.165) is 58.0 Å². The van der Waals surface area contributed by atoms with Gasteiger partial charge in [-0.3, -0.25) is 14.4 Å². The van der Waals surface area contributed by atoms with Gasteiger partial charge in [0.15, 0.2) is 0 Å². The van der Waals surface area contributed by atoms with E-state index in [1.165, 1.54) is 6.42 Å². The van der Waals surface area contributed by atoms with Gasteiger partial charge in [0.2, 0.25) is 5.91 Å². The number of rotatable bonds is 7. The minimum Gasteiger partial charge on any atom is -0.376 e. The van der Waals surface area contributed by atoms with E-state index in [1.54, 1.807) is 42.5 Å². The van der Waals surface area contributed by atoms with E-state index in [9.17, 15) is 14.4 Å². The van der Waals surface area contributed by atoms with Gasteiger partial charge in [-0.05, 0) is 68.5 Å². The first kappa shape index (κ1) is 25.0. The van der Waals surface area contributed by atoms with Crippen molar-refractivity contribution in [3.63, 3.8) is 0 Å². The molecule has 1 saturated carbocycles. The summed E-state index contributed by atoms with van der Waals surface area (Å²) in [6, 6.07) is 12.3. The van der Waals surface area contributed by atoms with Crippen LogP contribution in [0.15, 0.2) is 42.5 Å². The Balaban J connectivity index is 1.32. The van der Waals surface area contributed by atoms with Gasteiger partial charge in [0, 0.05) is 36.1 Å². The molecule has 4 rings (SSSR count). The van der Waals surface area contributed by atoms with E-state index in [1.807, 2.05) is 4.90 Å². The predicted octanol–water partition coefficient (Wildman–Crippen LogP) is 5.08. The van der Waals surface area contributed by atoms with Gasteiger partial charge in [0.1, 0.15) is 0 Å². The first-order valence-electron chi connectivity index (χ1n) is 12.5. The summed E-state index contributed by atoms with van der Waals surface area (Å²) in [7, 11) is 0. The lowest BCUT2D eigenvalue weighted by atomic mass is 9.95. The third kappa shape index (κ3) is 6.98. The van der Waals surface area contributed by atoms with Crippen LogP contribution in [0, 0.1) is 0 Å². The number of hydrogen-bond acceptors (Lipinski definition) is 4. The van der Waals surface area contributed by atoms with Gasteiger partial charge in [-0.1, -0.05) is 36.9 Å². The van der Waals surface area contributed by atoms with Crippen molar-refractivity contribution in [1.82, 2.24) is 10.2 Å². The van der Waals surface area contributed by atoms with Gasteiger partial charge < -0.3 is 20.9 Å². The topological polar surface area (TPSA) is 90.5 Å². The Hall–Kier alpha value is -3.06. The molecule has 8 heteroatoms. The van der Waals surface area contributed by atoms with Crippen LogP contribution in [0.25, 0.3) is 0 Å². The van der Waals surface area contributed by atoms with Gasteiger partial charge in [-0.15, -0.1) is 0 Å². The average Bonchev–Trinajstić information content (AvgIpc) is 2.89. The van der Waals surface area contributed by atoms with Gasteiger partial charge in [0.05, 0.1) is 17.1 Å². The normalized spacial score (nSPS) is 16.4. The van der Waals surface area contributed by atoms with Crippen molar-refractivity contribution in [2.75, 3.05) is 30.3 Å². The van der Waals surface area contributed by atoms with E-state index in [0.29, 0.717) is 27.5 Å². The van der Waals surface area contributed by atoms with E-state index in [-0.39, 0.29) is 30.3 Å². The number of carbonyl (C=O) groups excluding carboxylic acids is 3. The lowest BCUT2D eigenvalue weighted by molar-refractivity contribution is -0.114. The standard InChI is InChI=1S/C27H33ClN4O3/c28-24-13-12-21(17-23(24)26(34)31-20-9-3-1-4-10-20)29-18-25(33)30-22-11-7-8-19(16-22)27(35)32-14-5-2-6-15-32/h7-8,11-13,16-17,20,29H,1-6,9-10,14-15,18H2,(H,30,33)(H,31,34). The largest absolute Gasteiger partial charge is 0.376 e. The third-order valence-corrected chi connectivity index (χ3v) is 6.97. The number of hydrogen-bond donors (Lipinski definition) is 3. The fourth-order valence-corrected chi connectivity index (χ4v) is 4.92. The highest BCUT2D eigenvalue weighted by molar-refractivity contribution is 6.34. The Bertz CT molecular complexity index is 1060. The van der Waals surface area contributed by atoms with Crippen molar-refractivity contribution < 1.29 is 14.4 Å². The van der Waals surface area contributed by atoms with Crippen LogP contribution >= 0.6 is 11.6 Å². The maximum absolute atomic E-state index is 12.7. The van der Waals surface area contributed by atoms with Gasteiger partial charge >= 0.3 is 0 Å². The second-order valence-corrected chi connectivity index (χ2v) is 9.75. The first-order chi connectivity index (χ1) is 17.0. The Kier molecular flexibility index (Phi) is 8.64. The molecule has 3 amide bonds. The molecule has 35 heavy (non-hydrogen) atoms. The SMILES string of the molecule is O=C(CNc1ccc(Cl)c(C(=O)NC2CCCCC2)c1)Nc1cccc(C(=O)N2CCCCC2)c1. The van der Waals surface area contributed by atoms with Crippen LogP contribution in [-0.2, 0) is 4.79 Å². The highest BCUT2D eigenvalue weighted by Crippen LogP contribution is 2.23. The maximum Gasteiger partial charge on any atom is 0.253 e. The number of nitrogens with one attached hydrogen (secondary N) is 3. The van der Waals surface area contributed by atoms with Crippen molar-refractivity contribution in [3.05, 3.63) is 58.6 Å². The molecule has 0 radical (unpaired) electrons. The molecule has 2 aliphatic rings. The lowest BCUT2D eigenvalue weighted by Crippen LogP contribution is -2.36. The second kappa shape index (κ2) is 12.1. The summed E-state index contributed by atoms with van der Waals surface area (Å²) in [5, 5.41) is 9.35. The van der Waals surface area contributed by atoms with E-state index in [4.69, 9.17) is 11.6 Å². The minimum atomic E-state index is -0.254. The zero-order chi connectivity index (χ0) is 24.6. The molecule has 1 aliphatic carbocycles. The molecule has 2 fully saturated rings. The molecule has 0 aromatic heterocycles. The maximum atomic E-state index is 12.7. The van der Waals surface area contributed by atoms with Crippen molar-refractivity contribution in [2.24, 2.45) is 0 Å². The third-order valence-electron chi connectivity index (χ3n) is 6.64. The lowest BCUT2D eigenvalue weighted by Gasteiger charge is -2.26. The van der Waals surface area contributed by atoms with Gasteiger partial charge in [0.25, 0.3) is 11.8 Å². The number of likely N-dealkylation sites (tertiary alicyclic amines) is 1. The monoisotopic (exact) mass is 496 g/mol. The summed E-state index contributed by atoms with van der Waals surface area (Å²) in [5.41, 5.74) is 2.17. The van der Waals surface area contributed by atoms with E-state index in [2.05, 4.69) is 16.0 Å². The molecule has 0 bridgehead atoms. The number of piperidine rings is 1. The zero-order valence-corrected chi connectivity index (χ0v) is 20.7. The summed E-state index contributed by atoms with van der Waals surface area (Å²) in [6.45, 7) is 1.57. The molecular weight excluding hydrogens is 464 g/mol. The van der Waals surface area contributed by atoms with Crippen molar-refractivity contribution in [2.45, 2.75) is 57.4 Å². The van der Waals surface area contributed by atoms with Crippen LogP contribution in [0.3, 0.4) is 0 Å². The van der Waals surface area contributed by atoms with Crippen LogP contribution in [0.5, 0.6) is 0 Å². The number of anilines is 2. The number of carbonyl (C=O) groups is 3. The zero-order valence-electron chi connectivity index (χ0n) is 19.9. The Morgan fingerprint density at radius 2 is 1.63 bits per heavy atom.